The molecule has 0 bridgehead atoms. The largest absolute Gasteiger partial charge is 0.378 e. The van der Waals surface area contributed by atoms with Gasteiger partial charge in [0.25, 0.3) is 0 Å². The van der Waals surface area contributed by atoms with E-state index in [1.54, 1.807) is 11.9 Å². The van der Waals surface area contributed by atoms with Crippen LogP contribution in [0.3, 0.4) is 0 Å². The molecule has 4 saturated heterocycles. The van der Waals surface area contributed by atoms with E-state index in [9.17, 15) is 9.59 Å². The van der Waals surface area contributed by atoms with Gasteiger partial charge in [-0.2, -0.15) is 0 Å². The van der Waals surface area contributed by atoms with Gasteiger partial charge in [-0.3, -0.25) is 14.9 Å². The SMILES string of the molecule is NC(=O)C1NCC(N[C@H]2CCCC[C@H]2N)CC1NC1CC(C2CSC3C(=O)C=C(N4CCOCC4)SC32)SN1. The molecule has 1 aliphatic carbocycles. The molecule has 0 aromatic carbocycles. The van der Waals surface area contributed by atoms with Gasteiger partial charge < -0.3 is 31.7 Å². The minimum Gasteiger partial charge on any atom is -0.378 e. The number of primary amides is 1. The number of allylic oxidation sites excluding steroid dienone is 1. The first-order valence-corrected chi connectivity index (χ1v) is 17.3. The Kier molecular flexibility index (Phi) is 9.38. The Morgan fingerprint density at radius 1 is 1.13 bits per heavy atom. The molecule has 10 nitrogen and oxygen atoms in total. The highest BCUT2D eigenvalue weighted by Gasteiger charge is 2.49. The van der Waals surface area contributed by atoms with Crippen molar-refractivity contribution >= 4 is 47.2 Å². The fraction of sp³-hybridized carbons (Fsp3) is 0.846. The number of hydrogen-bond acceptors (Lipinski definition) is 12. The van der Waals surface area contributed by atoms with Crippen molar-refractivity contribution in [3.63, 3.8) is 0 Å². The Labute approximate surface area is 244 Å². The number of ether oxygens (including phenoxy) is 1. The summed E-state index contributed by atoms with van der Waals surface area (Å²) in [5.74, 6) is 1.42. The molecule has 0 aromatic heterocycles. The maximum absolute atomic E-state index is 13.0. The monoisotopic (exact) mass is 597 g/mol. The summed E-state index contributed by atoms with van der Waals surface area (Å²) in [5, 5.41) is 12.8. The summed E-state index contributed by atoms with van der Waals surface area (Å²) in [5.41, 5.74) is 12.2. The number of nitrogens with one attached hydrogen (secondary N) is 4. The first-order valence-electron chi connectivity index (χ1n) is 14.5. The molecular weight excluding hydrogens is 555 g/mol. The molecule has 0 radical (unpaired) electrons. The van der Waals surface area contributed by atoms with Crippen LogP contribution in [0.2, 0.25) is 0 Å². The second-order valence-corrected chi connectivity index (χ2v) is 15.2. The highest BCUT2D eigenvalue weighted by molar-refractivity contribution is 8.07. The van der Waals surface area contributed by atoms with Gasteiger partial charge in [0, 0.05) is 60.4 Å². The number of carbonyl (C=O) groups excluding carboxylic acids is 2. The molecule has 13 heteroatoms. The second kappa shape index (κ2) is 12.8. The van der Waals surface area contributed by atoms with Gasteiger partial charge in [0.2, 0.25) is 5.91 Å². The van der Waals surface area contributed by atoms with Gasteiger partial charge in [-0.25, -0.2) is 4.72 Å². The number of carbonyl (C=O) groups is 2. The van der Waals surface area contributed by atoms with E-state index in [0.29, 0.717) is 22.5 Å². The van der Waals surface area contributed by atoms with Crippen LogP contribution in [-0.4, -0.2) is 107 Å². The third-order valence-corrected chi connectivity index (χ3v) is 13.5. The first kappa shape index (κ1) is 28.6. The zero-order chi connectivity index (χ0) is 26.9. The third kappa shape index (κ3) is 6.46. The average Bonchev–Trinajstić information content (AvgIpc) is 3.58. The lowest BCUT2D eigenvalue weighted by atomic mass is 9.88. The van der Waals surface area contributed by atoms with Crippen LogP contribution in [0.1, 0.15) is 38.5 Å². The summed E-state index contributed by atoms with van der Waals surface area (Å²) in [6, 6.07) is 0.328. The molecule has 8 N–H and O–H groups in total. The fourth-order valence-corrected chi connectivity index (χ4v) is 12.0. The van der Waals surface area contributed by atoms with Crippen LogP contribution in [0.4, 0.5) is 0 Å². The molecule has 8 unspecified atom stereocenters. The Bertz CT molecular complexity index is 938. The molecule has 0 spiro atoms. The number of morpholine rings is 1. The van der Waals surface area contributed by atoms with Crippen LogP contribution in [0.15, 0.2) is 11.1 Å². The van der Waals surface area contributed by atoms with Crippen LogP contribution < -0.4 is 32.1 Å². The zero-order valence-electron chi connectivity index (χ0n) is 22.4. The molecule has 1 saturated carbocycles. The van der Waals surface area contributed by atoms with Gasteiger partial charge in [0.15, 0.2) is 5.78 Å². The van der Waals surface area contributed by atoms with Gasteiger partial charge in [-0.1, -0.05) is 24.8 Å². The van der Waals surface area contributed by atoms with E-state index in [2.05, 4.69) is 25.6 Å². The highest BCUT2D eigenvalue weighted by Crippen LogP contribution is 2.51. The lowest BCUT2D eigenvalue weighted by molar-refractivity contribution is -0.121. The summed E-state index contributed by atoms with van der Waals surface area (Å²) < 4.78 is 9.14. The molecule has 10 atom stereocenters. The van der Waals surface area contributed by atoms with Crippen molar-refractivity contribution in [2.45, 2.75) is 90.6 Å². The number of rotatable bonds is 7. The second-order valence-electron chi connectivity index (χ2n) is 11.8. The van der Waals surface area contributed by atoms with Gasteiger partial charge >= 0.3 is 0 Å². The predicted octanol–water partition coefficient (Wildman–Crippen LogP) is -0.0542. The number of fused-ring (bicyclic) bond motifs is 1. The summed E-state index contributed by atoms with van der Waals surface area (Å²) in [6.45, 7) is 3.87. The van der Waals surface area contributed by atoms with Gasteiger partial charge in [0.05, 0.1) is 29.7 Å². The van der Waals surface area contributed by atoms with E-state index in [0.717, 1.165) is 69.3 Å². The molecule has 1 amide bonds. The molecule has 5 fully saturated rings. The van der Waals surface area contributed by atoms with E-state index in [1.165, 1.54) is 12.8 Å². The average molecular weight is 598 g/mol. The predicted molar refractivity (Wildman–Crippen MR) is 159 cm³/mol. The third-order valence-electron chi connectivity index (χ3n) is 9.14. The lowest BCUT2D eigenvalue weighted by Crippen LogP contribution is -2.66. The van der Waals surface area contributed by atoms with Gasteiger partial charge in [-0.15, -0.1) is 23.5 Å². The fourth-order valence-electron chi connectivity index (χ4n) is 6.99. The van der Waals surface area contributed by atoms with E-state index >= 15 is 0 Å². The molecule has 6 aliphatic rings. The zero-order valence-corrected chi connectivity index (χ0v) is 24.8. The maximum atomic E-state index is 13.0. The first-order chi connectivity index (χ1) is 19.0. The molecule has 5 heterocycles. The Morgan fingerprint density at radius 3 is 2.74 bits per heavy atom. The summed E-state index contributed by atoms with van der Waals surface area (Å²) >= 11 is 5.53. The molecule has 5 aliphatic heterocycles. The number of nitrogens with zero attached hydrogens (tertiary/aromatic N) is 1. The van der Waals surface area contributed by atoms with Crippen LogP contribution >= 0.6 is 35.5 Å². The maximum Gasteiger partial charge on any atom is 0.236 e. The number of ketones is 1. The normalized spacial score (nSPS) is 43.3. The standard InChI is InChI=1S/C26H43N7O3S3/c27-16-3-1-2-4-17(16)30-14-9-18(23(26(28)35)29-12-14)31-21-11-20(39-32-21)15-13-37-25-19(34)10-22(38-24(15)25)33-5-7-36-8-6-33/h10,14-18,20-21,23-25,29-32H,1-9,11-13,27H2,(H2,28,35)/t14?,15?,16-,17+,18?,20?,21?,23?,24?,25?/m1/s1. The van der Waals surface area contributed by atoms with Crippen molar-refractivity contribution in [3.8, 4) is 0 Å². The summed E-state index contributed by atoms with van der Waals surface area (Å²) in [6.07, 6.45) is 8.37. The number of piperidine rings is 1. The molecular formula is C26H43N7O3S3. The lowest BCUT2D eigenvalue weighted by Gasteiger charge is -2.41. The minimum atomic E-state index is -0.395. The van der Waals surface area contributed by atoms with E-state index in [-0.39, 0.29) is 41.2 Å². The van der Waals surface area contributed by atoms with Gasteiger partial charge in [0.1, 0.15) is 6.04 Å². The smallest absolute Gasteiger partial charge is 0.236 e. The van der Waals surface area contributed by atoms with Crippen LogP contribution in [0.5, 0.6) is 0 Å². The summed E-state index contributed by atoms with van der Waals surface area (Å²) in [7, 11) is 0. The van der Waals surface area contributed by atoms with Crippen molar-refractivity contribution in [1.29, 1.82) is 0 Å². The molecule has 6 rings (SSSR count). The Hall–Kier alpha value is -0.510. The quantitative estimate of drug-likeness (QED) is 0.219. The van der Waals surface area contributed by atoms with E-state index in [1.807, 2.05) is 29.6 Å². The van der Waals surface area contributed by atoms with Gasteiger partial charge in [-0.05, 0) is 37.4 Å². The molecule has 39 heavy (non-hydrogen) atoms. The van der Waals surface area contributed by atoms with E-state index in [4.69, 9.17) is 16.2 Å². The summed E-state index contributed by atoms with van der Waals surface area (Å²) in [4.78, 5) is 27.7. The van der Waals surface area contributed by atoms with Crippen LogP contribution in [0, 0.1) is 5.92 Å². The van der Waals surface area contributed by atoms with Crippen molar-refractivity contribution < 1.29 is 14.3 Å². The molecule has 0 aromatic rings. The number of thioether (sulfide) groups is 2. The van der Waals surface area contributed by atoms with Crippen molar-refractivity contribution in [1.82, 2.24) is 25.6 Å². The number of hydrogen-bond donors (Lipinski definition) is 6. The van der Waals surface area contributed by atoms with Crippen LogP contribution in [0.25, 0.3) is 0 Å². The molecule has 218 valence electrons. The van der Waals surface area contributed by atoms with Crippen molar-refractivity contribution in [3.05, 3.63) is 11.1 Å². The van der Waals surface area contributed by atoms with Crippen LogP contribution in [-0.2, 0) is 14.3 Å². The number of amides is 1. The Morgan fingerprint density at radius 2 is 1.95 bits per heavy atom. The Balaban J connectivity index is 1.06. The highest BCUT2D eigenvalue weighted by atomic mass is 32.2. The van der Waals surface area contributed by atoms with Crippen molar-refractivity contribution in [2.75, 3.05) is 38.6 Å². The van der Waals surface area contributed by atoms with Crippen molar-refractivity contribution in [2.24, 2.45) is 17.4 Å². The topological polar surface area (TPSA) is 147 Å². The number of nitrogens with two attached hydrogens (primary N) is 2. The minimum absolute atomic E-state index is 0.0529. The van der Waals surface area contributed by atoms with E-state index < -0.39 is 6.04 Å².